The van der Waals surface area contributed by atoms with Gasteiger partial charge in [-0.2, -0.15) is 5.10 Å². The van der Waals surface area contributed by atoms with Crippen LogP contribution in [0, 0.1) is 19.8 Å². The van der Waals surface area contributed by atoms with E-state index in [0.717, 1.165) is 12.5 Å². The summed E-state index contributed by atoms with van der Waals surface area (Å²) in [5.41, 5.74) is 2.66. The van der Waals surface area contributed by atoms with Gasteiger partial charge in [0.25, 0.3) is 0 Å². The van der Waals surface area contributed by atoms with Crippen molar-refractivity contribution in [2.75, 3.05) is 0 Å². The largest absolute Gasteiger partial charge is 0.269 e. The third kappa shape index (κ3) is 1.77. The van der Waals surface area contributed by atoms with E-state index in [1.54, 1.807) is 0 Å². The third-order valence-corrected chi connectivity index (χ3v) is 3.25. The Morgan fingerprint density at radius 1 is 1.38 bits per heavy atom. The average molecular weight is 178 g/mol. The minimum atomic E-state index is 0.887. The lowest BCUT2D eigenvalue weighted by atomic mass is 10.1. The maximum atomic E-state index is 4.40. The van der Waals surface area contributed by atoms with Gasteiger partial charge in [-0.1, -0.05) is 12.8 Å². The lowest BCUT2D eigenvalue weighted by molar-refractivity contribution is 0.423. The minimum absolute atomic E-state index is 0.887. The SMILES string of the molecule is Cc1cnn(CC2CCCC2)c1C. The van der Waals surface area contributed by atoms with Gasteiger partial charge >= 0.3 is 0 Å². The summed E-state index contributed by atoms with van der Waals surface area (Å²) >= 11 is 0. The van der Waals surface area contributed by atoms with Gasteiger partial charge in [0.2, 0.25) is 0 Å². The summed E-state index contributed by atoms with van der Waals surface area (Å²) in [5.74, 6) is 0.887. The van der Waals surface area contributed by atoms with Crippen molar-refractivity contribution >= 4 is 0 Å². The standard InChI is InChI=1S/C11H18N2/c1-9-7-12-13(10(9)2)8-11-5-3-4-6-11/h7,11H,3-6,8H2,1-2H3. The lowest BCUT2D eigenvalue weighted by Gasteiger charge is -2.10. The number of hydrogen-bond acceptors (Lipinski definition) is 1. The fourth-order valence-electron chi connectivity index (χ4n) is 2.16. The summed E-state index contributed by atoms with van der Waals surface area (Å²) in [6, 6.07) is 0. The Morgan fingerprint density at radius 2 is 2.08 bits per heavy atom. The summed E-state index contributed by atoms with van der Waals surface area (Å²) in [4.78, 5) is 0. The van der Waals surface area contributed by atoms with Crippen molar-refractivity contribution in [3.05, 3.63) is 17.5 Å². The molecular formula is C11H18N2. The van der Waals surface area contributed by atoms with Crippen molar-refractivity contribution in [2.24, 2.45) is 5.92 Å². The second-order valence-corrected chi connectivity index (χ2v) is 4.25. The molecule has 2 rings (SSSR count). The molecule has 0 bridgehead atoms. The zero-order valence-corrected chi connectivity index (χ0v) is 8.58. The highest BCUT2D eigenvalue weighted by Crippen LogP contribution is 2.26. The predicted octanol–water partition coefficient (Wildman–Crippen LogP) is 2.69. The van der Waals surface area contributed by atoms with E-state index < -0.39 is 0 Å². The molecule has 0 unspecified atom stereocenters. The normalized spacial score (nSPS) is 18.3. The predicted molar refractivity (Wildman–Crippen MR) is 53.7 cm³/mol. The number of nitrogens with zero attached hydrogens (tertiary/aromatic N) is 2. The maximum absolute atomic E-state index is 4.40. The molecule has 0 N–H and O–H groups in total. The third-order valence-electron chi connectivity index (χ3n) is 3.25. The van der Waals surface area contributed by atoms with Gasteiger partial charge in [-0.15, -0.1) is 0 Å². The first-order valence-electron chi connectivity index (χ1n) is 5.26. The molecular weight excluding hydrogens is 160 g/mol. The molecule has 0 aliphatic heterocycles. The molecule has 13 heavy (non-hydrogen) atoms. The smallest absolute Gasteiger partial charge is 0.0521 e. The summed E-state index contributed by atoms with van der Waals surface area (Å²) in [5, 5.41) is 4.40. The zero-order chi connectivity index (χ0) is 9.26. The molecule has 1 aliphatic carbocycles. The van der Waals surface area contributed by atoms with Crippen molar-refractivity contribution < 1.29 is 0 Å². The molecule has 0 radical (unpaired) electrons. The van der Waals surface area contributed by atoms with Gasteiger partial charge in [0.05, 0.1) is 6.20 Å². The van der Waals surface area contributed by atoms with Gasteiger partial charge in [0, 0.05) is 12.2 Å². The first kappa shape index (κ1) is 8.79. The van der Waals surface area contributed by atoms with Crippen LogP contribution in [-0.4, -0.2) is 9.78 Å². The van der Waals surface area contributed by atoms with Gasteiger partial charge in [0.1, 0.15) is 0 Å². The quantitative estimate of drug-likeness (QED) is 0.681. The van der Waals surface area contributed by atoms with Crippen LogP contribution < -0.4 is 0 Å². The van der Waals surface area contributed by atoms with E-state index >= 15 is 0 Å². The number of aryl methyl sites for hydroxylation is 1. The van der Waals surface area contributed by atoms with Crippen LogP contribution in [-0.2, 0) is 6.54 Å². The average Bonchev–Trinajstić information content (AvgIpc) is 2.71. The van der Waals surface area contributed by atoms with Crippen LogP contribution >= 0.6 is 0 Å². The molecule has 1 saturated carbocycles. The van der Waals surface area contributed by atoms with Crippen LogP contribution in [0.1, 0.15) is 36.9 Å². The van der Waals surface area contributed by atoms with E-state index in [9.17, 15) is 0 Å². The van der Waals surface area contributed by atoms with E-state index in [4.69, 9.17) is 0 Å². The number of hydrogen-bond donors (Lipinski definition) is 0. The summed E-state index contributed by atoms with van der Waals surface area (Å²) in [6.45, 7) is 5.43. The van der Waals surface area contributed by atoms with Gasteiger partial charge in [-0.25, -0.2) is 0 Å². The van der Waals surface area contributed by atoms with Gasteiger partial charge in [-0.05, 0) is 38.2 Å². The Labute approximate surface area is 80.0 Å². The Bertz CT molecular complexity index is 282. The van der Waals surface area contributed by atoms with Gasteiger partial charge < -0.3 is 0 Å². The van der Waals surface area contributed by atoms with E-state index in [2.05, 4.69) is 23.6 Å². The molecule has 1 aliphatic rings. The number of aromatic nitrogens is 2. The molecule has 0 aromatic carbocycles. The van der Waals surface area contributed by atoms with Crippen LogP contribution in [0.4, 0.5) is 0 Å². The molecule has 1 aromatic rings. The zero-order valence-electron chi connectivity index (χ0n) is 8.58. The van der Waals surface area contributed by atoms with Crippen molar-refractivity contribution in [2.45, 2.75) is 46.1 Å². The van der Waals surface area contributed by atoms with Crippen LogP contribution in [0.2, 0.25) is 0 Å². The lowest BCUT2D eigenvalue weighted by Crippen LogP contribution is -2.10. The van der Waals surface area contributed by atoms with E-state index in [1.165, 1.54) is 36.9 Å². The Morgan fingerprint density at radius 3 is 2.62 bits per heavy atom. The molecule has 2 heteroatoms. The highest BCUT2D eigenvalue weighted by atomic mass is 15.3. The molecule has 0 spiro atoms. The highest BCUT2D eigenvalue weighted by molar-refractivity contribution is 5.13. The molecule has 72 valence electrons. The summed E-state index contributed by atoms with van der Waals surface area (Å²) in [7, 11) is 0. The second-order valence-electron chi connectivity index (χ2n) is 4.25. The topological polar surface area (TPSA) is 17.8 Å². The molecule has 0 amide bonds. The fraction of sp³-hybridized carbons (Fsp3) is 0.727. The van der Waals surface area contributed by atoms with Gasteiger partial charge in [-0.3, -0.25) is 4.68 Å². The van der Waals surface area contributed by atoms with E-state index in [-0.39, 0.29) is 0 Å². The van der Waals surface area contributed by atoms with Crippen LogP contribution in [0.5, 0.6) is 0 Å². The first-order valence-corrected chi connectivity index (χ1v) is 5.26. The van der Waals surface area contributed by atoms with E-state index in [1.807, 2.05) is 6.20 Å². The first-order chi connectivity index (χ1) is 6.27. The van der Waals surface area contributed by atoms with Crippen molar-refractivity contribution in [1.82, 2.24) is 9.78 Å². The fourth-order valence-corrected chi connectivity index (χ4v) is 2.16. The van der Waals surface area contributed by atoms with Crippen molar-refractivity contribution in [3.8, 4) is 0 Å². The molecule has 1 heterocycles. The number of rotatable bonds is 2. The summed E-state index contributed by atoms with van der Waals surface area (Å²) in [6.07, 6.45) is 7.62. The van der Waals surface area contributed by atoms with Crippen LogP contribution in [0.25, 0.3) is 0 Å². The van der Waals surface area contributed by atoms with Gasteiger partial charge in [0.15, 0.2) is 0 Å². The Balaban J connectivity index is 2.04. The molecule has 2 nitrogen and oxygen atoms in total. The molecule has 1 aromatic heterocycles. The van der Waals surface area contributed by atoms with Crippen molar-refractivity contribution in [1.29, 1.82) is 0 Å². The maximum Gasteiger partial charge on any atom is 0.0521 e. The van der Waals surface area contributed by atoms with E-state index in [0.29, 0.717) is 0 Å². The molecule has 0 atom stereocenters. The molecule has 1 fully saturated rings. The highest BCUT2D eigenvalue weighted by Gasteiger charge is 2.16. The van der Waals surface area contributed by atoms with Crippen LogP contribution in [0.15, 0.2) is 6.20 Å². The molecule has 0 saturated heterocycles. The minimum Gasteiger partial charge on any atom is -0.269 e. The van der Waals surface area contributed by atoms with Crippen LogP contribution in [0.3, 0.4) is 0 Å². The Kier molecular flexibility index (Phi) is 2.38. The second kappa shape index (κ2) is 3.52. The summed E-state index contributed by atoms with van der Waals surface area (Å²) < 4.78 is 2.17. The monoisotopic (exact) mass is 178 g/mol. The Hall–Kier alpha value is -0.790. The van der Waals surface area contributed by atoms with Crippen molar-refractivity contribution in [3.63, 3.8) is 0 Å².